The maximum Gasteiger partial charge on any atom is 0.161 e. The molecule has 0 aliphatic heterocycles. The molecule has 6 heterocycles. The number of rotatable bonds is 8. The Bertz CT molecular complexity index is 2010. The number of hydrogen-bond donors (Lipinski definition) is 2. The van der Waals surface area contributed by atoms with Gasteiger partial charge in [0.1, 0.15) is 17.6 Å². The van der Waals surface area contributed by atoms with Gasteiger partial charge in [0.15, 0.2) is 5.82 Å². The summed E-state index contributed by atoms with van der Waals surface area (Å²) in [4.78, 5) is 33.0. The van der Waals surface area contributed by atoms with Crippen LogP contribution >= 0.6 is 0 Å². The van der Waals surface area contributed by atoms with E-state index in [0.29, 0.717) is 0 Å². The van der Waals surface area contributed by atoms with Crippen molar-refractivity contribution in [3.8, 4) is 22.6 Å². The number of nitrogens with zero attached hydrogens (tertiary/aromatic N) is 6. The molecule has 8 rings (SSSR count). The number of benzene rings is 2. The third-order valence-corrected chi connectivity index (χ3v) is 7.88. The van der Waals surface area contributed by atoms with Crippen molar-refractivity contribution in [3.63, 3.8) is 0 Å². The highest BCUT2D eigenvalue weighted by Gasteiger charge is 2.11. The molecule has 0 spiro atoms. The number of nitrogens with one attached hydrogen (secondary N) is 2. The van der Waals surface area contributed by atoms with E-state index in [4.69, 9.17) is 4.98 Å². The number of pyridine rings is 2. The Kier molecular flexibility index (Phi) is 8.58. The van der Waals surface area contributed by atoms with E-state index in [1.807, 2.05) is 55.0 Å². The number of fused-ring (bicyclic) bond motifs is 2. The fourth-order valence-electron chi connectivity index (χ4n) is 5.49. The molecule has 0 aliphatic rings. The van der Waals surface area contributed by atoms with Crippen molar-refractivity contribution in [1.82, 2.24) is 39.9 Å². The summed E-state index contributed by atoms with van der Waals surface area (Å²) in [5.41, 5.74) is 9.49. The van der Waals surface area contributed by atoms with Crippen molar-refractivity contribution in [3.05, 3.63) is 157 Å². The maximum absolute atomic E-state index is 4.72. The molecule has 2 N–H and O–H groups in total. The molecule has 0 unspecified atom stereocenters. The average molecular weight is 601 g/mol. The summed E-state index contributed by atoms with van der Waals surface area (Å²) in [6, 6.07) is 33.0. The van der Waals surface area contributed by atoms with E-state index in [-0.39, 0.29) is 0 Å². The Morgan fingerprint density at radius 3 is 1.76 bits per heavy atom. The van der Waals surface area contributed by atoms with Gasteiger partial charge in [-0.1, -0.05) is 60.7 Å². The van der Waals surface area contributed by atoms with Gasteiger partial charge < -0.3 is 9.97 Å². The molecule has 46 heavy (non-hydrogen) atoms. The van der Waals surface area contributed by atoms with Gasteiger partial charge in [0, 0.05) is 64.3 Å². The zero-order valence-electron chi connectivity index (χ0n) is 25.2. The SMILES string of the molecule is c1ccc(CCc2cc(-c3c[nH]c4ncccc34)ncn2)cc1.c1ccc(CCc2ccnc(-c3c[nH]c4ncccc34)n2)cc1. The van der Waals surface area contributed by atoms with Crippen LogP contribution in [0, 0.1) is 0 Å². The van der Waals surface area contributed by atoms with Crippen molar-refractivity contribution in [1.29, 1.82) is 0 Å². The quantitative estimate of drug-likeness (QED) is 0.186. The molecule has 0 saturated heterocycles. The molecule has 0 aliphatic carbocycles. The first-order valence-electron chi connectivity index (χ1n) is 15.4. The van der Waals surface area contributed by atoms with Crippen LogP contribution in [0.15, 0.2) is 134 Å². The molecule has 0 amide bonds. The van der Waals surface area contributed by atoms with Crippen LogP contribution in [0.25, 0.3) is 44.7 Å². The molecule has 6 aromatic heterocycles. The van der Waals surface area contributed by atoms with E-state index in [1.165, 1.54) is 11.1 Å². The predicted octanol–water partition coefficient (Wildman–Crippen LogP) is 7.61. The van der Waals surface area contributed by atoms with Gasteiger partial charge in [0.2, 0.25) is 0 Å². The second kappa shape index (κ2) is 13.7. The van der Waals surface area contributed by atoms with Crippen molar-refractivity contribution in [2.45, 2.75) is 25.7 Å². The van der Waals surface area contributed by atoms with Crippen LogP contribution in [0.3, 0.4) is 0 Å². The first-order valence-corrected chi connectivity index (χ1v) is 15.4. The van der Waals surface area contributed by atoms with Gasteiger partial charge in [-0.3, -0.25) is 0 Å². The van der Waals surface area contributed by atoms with Crippen molar-refractivity contribution in [2.24, 2.45) is 0 Å². The molecule has 0 radical (unpaired) electrons. The standard InChI is InChI=1S/2C19H16N4/c1-2-5-14(6-3-1)8-9-15-10-12-21-19(23-15)17-13-22-18-16(17)7-4-11-20-18;1-2-5-14(6-3-1)8-9-15-11-18(23-13-22-15)17-12-21-19-16(17)7-4-10-20-19/h1-7,10-13H,8-9H2,(H,20,22);1-7,10-13H,8-9H2,(H,20,21). The molecule has 224 valence electrons. The molecule has 0 bridgehead atoms. The summed E-state index contributed by atoms with van der Waals surface area (Å²) < 4.78 is 0. The lowest BCUT2D eigenvalue weighted by Crippen LogP contribution is -1.97. The van der Waals surface area contributed by atoms with Gasteiger partial charge in [-0.05, 0) is 73.2 Å². The van der Waals surface area contributed by atoms with Gasteiger partial charge >= 0.3 is 0 Å². The van der Waals surface area contributed by atoms with Crippen LogP contribution in [0.2, 0.25) is 0 Å². The molecule has 8 aromatic rings. The molecule has 0 atom stereocenters. The third kappa shape index (κ3) is 6.71. The zero-order valence-corrected chi connectivity index (χ0v) is 25.2. The second-order valence-electron chi connectivity index (χ2n) is 10.9. The normalized spacial score (nSPS) is 11.0. The number of aromatic amines is 2. The van der Waals surface area contributed by atoms with E-state index in [0.717, 1.165) is 81.8 Å². The number of hydrogen-bond acceptors (Lipinski definition) is 6. The van der Waals surface area contributed by atoms with Crippen LogP contribution in [0.1, 0.15) is 22.5 Å². The summed E-state index contributed by atoms with van der Waals surface area (Å²) in [6.45, 7) is 0. The highest BCUT2D eigenvalue weighted by Crippen LogP contribution is 2.26. The van der Waals surface area contributed by atoms with Crippen molar-refractivity contribution < 1.29 is 0 Å². The van der Waals surface area contributed by atoms with E-state index >= 15 is 0 Å². The summed E-state index contributed by atoms with van der Waals surface area (Å²) in [5.74, 6) is 0.745. The minimum Gasteiger partial charge on any atom is -0.345 e. The van der Waals surface area contributed by atoms with E-state index < -0.39 is 0 Å². The summed E-state index contributed by atoms with van der Waals surface area (Å²) >= 11 is 0. The molecular weight excluding hydrogens is 568 g/mol. The molecule has 8 nitrogen and oxygen atoms in total. The van der Waals surface area contributed by atoms with Gasteiger partial charge in [-0.25, -0.2) is 29.9 Å². The Hall–Kier alpha value is -6.02. The lowest BCUT2D eigenvalue weighted by molar-refractivity contribution is 0.902. The Labute approximate surface area is 266 Å². The second-order valence-corrected chi connectivity index (χ2v) is 10.9. The minimum absolute atomic E-state index is 0.745. The van der Waals surface area contributed by atoms with Crippen LogP contribution in [0.4, 0.5) is 0 Å². The first-order chi connectivity index (χ1) is 22.8. The average Bonchev–Trinajstić information content (AvgIpc) is 3.77. The Morgan fingerprint density at radius 1 is 0.478 bits per heavy atom. The number of aromatic nitrogens is 8. The Morgan fingerprint density at radius 2 is 1.09 bits per heavy atom. The van der Waals surface area contributed by atoms with Gasteiger partial charge in [0.25, 0.3) is 0 Å². The van der Waals surface area contributed by atoms with Crippen molar-refractivity contribution >= 4 is 22.1 Å². The summed E-state index contributed by atoms with van der Waals surface area (Å²) in [6.07, 6.45) is 14.7. The molecule has 2 aromatic carbocycles. The van der Waals surface area contributed by atoms with E-state index in [1.54, 1.807) is 18.7 Å². The highest BCUT2D eigenvalue weighted by molar-refractivity contribution is 5.92. The van der Waals surface area contributed by atoms with Crippen LogP contribution in [-0.4, -0.2) is 39.9 Å². The summed E-state index contributed by atoms with van der Waals surface area (Å²) in [7, 11) is 0. The highest BCUT2D eigenvalue weighted by atomic mass is 14.9. The van der Waals surface area contributed by atoms with Gasteiger partial charge in [-0.2, -0.15) is 0 Å². The van der Waals surface area contributed by atoms with E-state index in [9.17, 15) is 0 Å². The fraction of sp³-hybridized carbons (Fsp3) is 0.105. The Balaban J connectivity index is 0.000000147. The molecule has 0 fully saturated rings. The molecular formula is C38H32N8. The maximum atomic E-state index is 4.72. The van der Waals surface area contributed by atoms with Crippen LogP contribution in [0.5, 0.6) is 0 Å². The number of H-pyrrole nitrogens is 2. The molecule has 0 saturated carbocycles. The van der Waals surface area contributed by atoms with Crippen molar-refractivity contribution in [2.75, 3.05) is 0 Å². The first kappa shape index (κ1) is 28.7. The van der Waals surface area contributed by atoms with Gasteiger partial charge in [-0.15, -0.1) is 0 Å². The lowest BCUT2D eigenvalue weighted by Gasteiger charge is -2.04. The van der Waals surface area contributed by atoms with Crippen LogP contribution < -0.4 is 0 Å². The summed E-state index contributed by atoms with van der Waals surface area (Å²) in [5, 5.41) is 2.13. The fourth-order valence-corrected chi connectivity index (χ4v) is 5.49. The lowest BCUT2D eigenvalue weighted by atomic mass is 10.1. The largest absolute Gasteiger partial charge is 0.345 e. The van der Waals surface area contributed by atoms with Gasteiger partial charge in [0.05, 0.1) is 5.69 Å². The minimum atomic E-state index is 0.745. The van der Waals surface area contributed by atoms with Crippen LogP contribution in [-0.2, 0) is 25.7 Å². The molecule has 8 heteroatoms. The number of aryl methyl sites for hydroxylation is 4. The topological polar surface area (TPSA) is 109 Å². The monoisotopic (exact) mass is 600 g/mol. The predicted molar refractivity (Wildman–Crippen MR) is 182 cm³/mol. The smallest absolute Gasteiger partial charge is 0.161 e. The third-order valence-electron chi connectivity index (χ3n) is 7.88. The van der Waals surface area contributed by atoms with E-state index in [2.05, 4.69) is 95.6 Å². The zero-order chi connectivity index (χ0) is 31.0.